The van der Waals surface area contributed by atoms with Crippen molar-refractivity contribution < 1.29 is 63.5 Å². The van der Waals surface area contributed by atoms with Gasteiger partial charge in [-0.15, -0.1) is 0 Å². The summed E-state index contributed by atoms with van der Waals surface area (Å²) in [5, 5.41) is 57.9. The Kier molecular flexibility index (Phi) is 15.4. The molecule has 0 aromatic heterocycles. The van der Waals surface area contributed by atoms with Crippen LogP contribution in [-0.2, 0) is 38.0 Å². The van der Waals surface area contributed by atoms with E-state index in [2.05, 4.69) is 25.7 Å². The van der Waals surface area contributed by atoms with Crippen molar-refractivity contribution in [3.63, 3.8) is 0 Å². The van der Waals surface area contributed by atoms with Gasteiger partial charge < -0.3 is 58.9 Å². The summed E-state index contributed by atoms with van der Waals surface area (Å²) in [4.78, 5) is 29.9. The standard InChI is InChI=1S/C40H73NO13/c1-20-17-38(11,47)34(54-36-30(43)27(16-21(2)50-36)41(14)19-37(8,9)10)23(4)31(53-28-18-39(12,49-15)33(45)25(6)51-28)24(5)35(46)52-26(7)40(13,48)32(44)22(3)29(20)42/h20-28,30-34,36,43-45,47-48H,16-19H2,1-15H3/t20-,21-,22+,23+,24-,25+,26-,27+,28+,30-,31+,32-,33+,34-,36+,38-,39-,40-/m1/s1. The molecule has 0 aromatic rings. The van der Waals surface area contributed by atoms with Crippen molar-refractivity contribution in [3.05, 3.63) is 0 Å². The summed E-state index contributed by atoms with van der Waals surface area (Å²) in [5.41, 5.74) is -4.93. The molecule has 3 aliphatic rings. The van der Waals surface area contributed by atoms with E-state index in [1.807, 2.05) is 14.0 Å². The first-order valence-corrected chi connectivity index (χ1v) is 19.7. The molecule has 0 aromatic carbocycles. The second kappa shape index (κ2) is 17.7. The van der Waals surface area contributed by atoms with Crippen LogP contribution in [0.25, 0.3) is 0 Å². The average Bonchev–Trinajstić information content (AvgIpc) is 3.06. The molecule has 54 heavy (non-hydrogen) atoms. The molecule has 18 atom stereocenters. The van der Waals surface area contributed by atoms with Gasteiger partial charge in [0.25, 0.3) is 0 Å². The molecule has 0 saturated carbocycles. The molecular formula is C40H73NO13. The minimum Gasteiger partial charge on any atom is -0.459 e. The van der Waals surface area contributed by atoms with Crippen molar-refractivity contribution in [2.24, 2.45) is 29.1 Å². The maximum atomic E-state index is 14.0. The summed E-state index contributed by atoms with van der Waals surface area (Å²) in [5.74, 6) is -5.04. The van der Waals surface area contributed by atoms with Crippen LogP contribution in [0.3, 0.4) is 0 Å². The first kappa shape index (κ1) is 47.1. The molecule has 0 unspecified atom stereocenters. The van der Waals surface area contributed by atoms with Gasteiger partial charge in [0.2, 0.25) is 0 Å². The van der Waals surface area contributed by atoms with Gasteiger partial charge in [-0.2, -0.15) is 0 Å². The van der Waals surface area contributed by atoms with Gasteiger partial charge >= 0.3 is 5.97 Å². The van der Waals surface area contributed by atoms with Gasteiger partial charge in [0, 0.05) is 43.9 Å². The molecule has 14 heteroatoms. The number of carbonyl (C=O) groups is 2. The number of esters is 1. The smallest absolute Gasteiger partial charge is 0.311 e. The molecule has 0 radical (unpaired) electrons. The number of nitrogens with zero attached hydrogens (tertiary/aromatic N) is 1. The molecule has 3 rings (SSSR count). The maximum Gasteiger partial charge on any atom is 0.311 e. The quantitative estimate of drug-likeness (QED) is 0.237. The molecule has 0 spiro atoms. The normalized spacial score (nSPS) is 48.0. The average molecular weight is 776 g/mol. The van der Waals surface area contributed by atoms with E-state index < -0.39 is 108 Å². The van der Waals surface area contributed by atoms with E-state index in [4.69, 9.17) is 28.4 Å². The second-order valence-corrected chi connectivity index (χ2v) is 18.7. The molecule has 0 bridgehead atoms. The van der Waals surface area contributed by atoms with Gasteiger partial charge in [-0.25, -0.2) is 0 Å². The summed E-state index contributed by atoms with van der Waals surface area (Å²) in [7, 11) is 3.43. The number of carbonyl (C=O) groups excluding carboxylic acids is 2. The highest BCUT2D eigenvalue weighted by molar-refractivity contribution is 5.83. The lowest BCUT2D eigenvalue weighted by molar-refractivity contribution is -0.318. The van der Waals surface area contributed by atoms with E-state index in [9.17, 15) is 35.1 Å². The molecular weight excluding hydrogens is 702 g/mol. The van der Waals surface area contributed by atoms with Crippen LogP contribution in [0.4, 0.5) is 0 Å². The summed E-state index contributed by atoms with van der Waals surface area (Å²) >= 11 is 0. The van der Waals surface area contributed by atoms with Crippen molar-refractivity contribution >= 4 is 11.8 Å². The van der Waals surface area contributed by atoms with E-state index >= 15 is 0 Å². The molecule has 316 valence electrons. The molecule has 3 fully saturated rings. The lowest BCUT2D eigenvalue weighted by Gasteiger charge is -2.49. The number of rotatable bonds is 7. The monoisotopic (exact) mass is 776 g/mol. The Morgan fingerprint density at radius 1 is 0.870 bits per heavy atom. The van der Waals surface area contributed by atoms with E-state index in [1.54, 1.807) is 34.6 Å². The third-order valence-electron chi connectivity index (χ3n) is 12.3. The minimum absolute atomic E-state index is 0.0586. The first-order chi connectivity index (χ1) is 24.6. The summed E-state index contributed by atoms with van der Waals surface area (Å²) < 4.78 is 37.2. The fourth-order valence-corrected chi connectivity index (χ4v) is 8.79. The number of Topliss-reactive ketones (excluding diaryl/α,β-unsaturated/α-hetero) is 1. The van der Waals surface area contributed by atoms with Gasteiger partial charge in [-0.05, 0) is 73.8 Å². The largest absolute Gasteiger partial charge is 0.459 e. The van der Waals surface area contributed by atoms with Gasteiger partial charge in [0.05, 0.1) is 47.6 Å². The van der Waals surface area contributed by atoms with Crippen LogP contribution < -0.4 is 0 Å². The highest BCUT2D eigenvalue weighted by Gasteiger charge is 2.53. The topological polar surface area (TPSA) is 194 Å². The summed E-state index contributed by atoms with van der Waals surface area (Å²) in [6.07, 6.45) is -10.0. The zero-order chi connectivity index (χ0) is 41.5. The summed E-state index contributed by atoms with van der Waals surface area (Å²) in [6, 6.07) is -0.343. The van der Waals surface area contributed by atoms with Crippen molar-refractivity contribution in [3.8, 4) is 0 Å². The van der Waals surface area contributed by atoms with Crippen LogP contribution >= 0.6 is 0 Å². The van der Waals surface area contributed by atoms with Crippen LogP contribution in [-0.4, -0.2) is 147 Å². The molecule has 3 saturated heterocycles. The predicted molar refractivity (Wildman–Crippen MR) is 200 cm³/mol. The maximum absolute atomic E-state index is 14.0. The molecule has 0 amide bonds. The van der Waals surface area contributed by atoms with E-state index in [1.165, 1.54) is 34.8 Å². The lowest BCUT2D eigenvalue weighted by atomic mass is 9.74. The van der Waals surface area contributed by atoms with Crippen LogP contribution in [0.1, 0.15) is 109 Å². The zero-order valence-corrected chi connectivity index (χ0v) is 35.4. The molecule has 3 heterocycles. The number of cyclic esters (lactones) is 1. The van der Waals surface area contributed by atoms with Crippen LogP contribution in [0.2, 0.25) is 0 Å². The number of ether oxygens (including phenoxy) is 6. The van der Waals surface area contributed by atoms with Crippen molar-refractivity contribution in [2.75, 3.05) is 20.7 Å². The SMILES string of the molecule is CO[C@]1(C)C[C@H](O[C@H]2[C@H](C)[C@@H](O[C@@H]3O[C@H](C)C[C@H](N(C)CC(C)(C)C)[C@H]3O)[C@](C)(O)C[C@@H](C)C(=O)[C@H](C)[C@@H](O)[C@](C)(O)[C@@H](C)OC(=O)[C@@H]2C)O[C@@H](C)[C@@H]1O. The van der Waals surface area contributed by atoms with Gasteiger partial charge in [0.1, 0.15) is 29.7 Å². The Morgan fingerprint density at radius 2 is 1.46 bits per heavy atom. The summed E-state index contributed by atoms with van der Waals surface area (Å²) in [6.45, 7) is 23.1. The number of hydrogen-bond donors (Lipinski definition) is 5. The highest BCUT2D eigenvalue weighted by atomic mass is 16.7. The van der Waals surface area contributed by atoms with Gasteiger partial charge in [-0.1, -0.05) is 41.5 Å². The molecule has 0 aliphatic carbocycles. The second-order valence-electron chi connectivity index (χ2n) is 18.7. The number of aliphatic hydroxyl groups excluding tert-OH is 3. The third kappa shape index (κ3) is 10.6. The third-order valence-corrected chi connectivity index (χ3v) is 12.3. The fourth-order valence-electron chi connectivity index (χ4n) is 8.79. The molecule has 14 nitrogen and oxygen atoms in total. The number of methoxy groups -OCH3 is 1. The molecule has 5 N–H and O–H groups in total. The van der Waals surface area contributed by atoms with Crippen molar-refractivity contribution in [1.82, 2.24) is 4.90 Å². The van der Waals surface area contributed by atoms with Crippen LogP contribution in [0.15, 0.2) is 0 Å². The highest BCUT2D eigenvalue weighted by Crippen LogP contribution is 2.40. The number of ketones is 1. The van der Waals surface area contributed by atoms with Crippen LogP contribution in [0, 0.1) is 29.1 Å². The Morgan fingerprint density at radius 3 is 2.02 bits per heavy atom. The Labute approximate surface area is 323 Å². The Hall–Kier alpha value is -1.30. The lowest BCUT2D eigenvalue weighted by Crippen LogP contribution is -2.61. The predicted octanol–water partition coefficient (Wildman–Crippen LogP) is 2.81. The first-order valence-electron chi connectivity index (χ1n) is 19.7. The number of likely N-dealkylation sites (N-methyl/N-ethyl adjacent to an activating group) is 1. The number of hydrogen-bond acceptors (Lipinski definition) is 14. The van der Waals surface area contributed by atoms with E-state index in [0.29, 0.717) is 13.0 Å². The van der Waals surface area contributed by atoms with Crippen molar-refractivity contribution in [2.45, 2.75) is 194 Å². The Balaban J connectivity index is 2.16. The van der Waals surface area contributed by atoms with Crippen LogP contribution in [0.5, 0.6) is 0 Å². The van der Waals surface area contributed by atoms with E-state index in [-0.39, 0.29) is 30.4 Å². The minimum atomic E-state index is -2.01. The number of aliphatic hydroxyl groups is 5. The van der Waals surface area contributed by atoms with Gasteiger partial charge in [-0.3, -0.25) is 9.59 Å². The van der Waals surface area contributed by atoms with Gasteiger partial charge in [0.15, 0.2) is 12.6 Å². The van der Waals surface area contributed by atoms with Crippen molar-refractivity contribution in [1.29, 1.82) is 0 Å². The molecule has 3 aliphatic heterocycles. The fraction of sp³-hybridized carbons (Fsp3) is 0.950. The van der Waals surface area contributed by atoms with E-state index in [0.717, 1.165) is 0 Å². The zero-order valence-electron chi connectivity index (χ0n) is 35.4. The Bertz CT molecular complexity index is 1260.